The second-order valence-corrected chi connectivity index (χ2v) is 10.4. The number of halogens is 3. The van der Waals surface area contributed by atoms with Gasteiger partial charge in [-0.2, -0.15) is 0 Å². The van der Waals surface area contributed by atoms with Gasteiger partial charge in [0.2, 0.25) is 11.8 Å². The van der Waals surface area contributed by atoms with E-state index in [0.29, 0.717) is 12.1 Å². The maximum absolute atomic E-state index is 13.7. The molecule has 3 aliphatic rings. The van der Waals surface area contributed by atoms with Crippen LogP contribution in [-0.4, -0.2) is 113 Å². The van der Waals surface area contributed by atoms with Gasteiger partial charge >= 0.3 is 12.2 Å². The SMILES string of the molecule is C[C@@H]1CN(CC(=O)N2CCOc3ncc(Cc4ccc(F)cc4)cc32)[C@@H](CN2C(=O)OCC2C(F)F)CN1C(=O)O. The Morgan fingerprint density at radius 1 is 1.15 bits per heavy atom. The highest BCUT2D eigenvalue weighted by atomic mass is 19.3. The third kappa shape index (κ3) is 6.16. The lowest BCUT2D eigenvalue weighted by atomic mass is 10.1. The molecule has 0 radical (unpaired) electrons. The summed E-state index contributed by atoms with van der Waals surface area (Å²) < 4.78 is 51.0. The fourth-order valence-electron chi connectivity index (χ4n) is 5.45. The van der Waals surface area contributed by atoms with Crippen molar-refractivity contribution in [3.05, 3.63) is 53.5 Å². The van der Waals surface area contributed by atoms with Crippen molar-refractivity contribution in [1.82, 2.24) is 19.7 Å². The summed E-state index contributed by atoms with van der Waals surface area (Å²) in [7, 11) is 0. The monoisotopic (exact) mass is 577 g/mol. The zero-order valence-electron chi connectivity index (χ0n) is 22.3. The number of hydrogen-bond donors (Lipinski definition) is 1. The van der Waals surface area contributed by atoms with E-state index >= 15 is 0 Å². The molecule has 2 saturated heterocycles. The van der Waals surface area contributed by atoms with Crippen molar-refractivity contribution in [2.24, 2.45) is 0 Å². The number of amides is 3. The first-order valence-electron chi connectivity index (χ1n) is 13.2. The van der Waals surface area contributed by atoms with Crippen LogP contribution in [0.25, 0.3) is 0 Å². The molecule has 1 aromatic heterocycles. The lowest BCUT2D eigenvalue weighted by molar-refractivity contribution is -0.121. The fourth-order valence-corrected chi connectivity index (χ4v) is 5.45. The van der Waals surface area contributed by atoms with Crippen molar-refractivity contribution < 1.29 is 42.1 Å². The predicted molar refractivity (Wildman–Crippen MR) is 139 cm³/mol. The first kappa shape index (κ1) is 28.5. The number of carboxylic acid groups (broad SMARTS) is 1. The Bertz CT molecular complexity index is 1300. The van der Waals surface area contributed by atoms with E-state index in [1.54, 1.807) is 36.2 Å². The Balaban J connectivity index is 1.35. The Morgan fingerprint density at radius 3 is 2.61 bits per heavy atom. The van der Waals surface area contributed by atoms with Crippen LogP contribution in [0.3, 0.4) is 0 Å². The van der Waals surface area contributed by atoms with E-state index in [1.807, 2.05) is 0 Å². The molecule has 3 amide bonds. The number of carbonyl (C=O) groups is 3. The van der Waals surface area contributed by atoms with Crippen molar-refractivity contribution >= 4 is 23.8 Å². The third-order valence-electron chi connectivity index (χ3n) is 7.61. The molecule has 4 heterocycles. The van der Waals surface area contributed by atoms with Crippen molar-refractivity contribution in [2.45, 2.75) is 37.9 Å². The van der Waals surface area contributed by atoms with Crippen LogP contribution in [0.1, 0.15) is 18.1 Å². The molecule has 0 saturated carbocycles. The summed E-state index contributed by atoms with van der Waals surface area (Å²) in [5, 5.41) is 9.67. The van der Waals surface area contributed by atoms with Crippen LogP contribution in [0.5, 0.6) is 5.88 Å². The number of cyclic esters (lactones) is 1. The van der Waals surface area contributed by atoms with Crippen LogP contribution in [0.4, 0.5) is 28.4 Å². The molecule has 41 heavy (non-hydrogen) atoms. The lowest BCUT2D eigenvalue weighted by Gasteiger charge is -2.45. The maximum Gasteiger partial charge on any atom is 0.410 e. The molecule has 1 aromatic carbocycles. The Morgan fingerprint density at radius 2 is 1.90 bits per heavy atom. The van der Waals surface area contributed by atoms with Crippen LogP contribution < -0.4 is 9.64 Å². The smallest absolute Gasteiger partial charge is 0.410 e. The molecular weight excluding hydrogens is 547 g/mol. The number of nitrogens with zero attached hydrogens (tertiary/aromatic N) is 5. The van der Waals surface area contributed by atoms with Gasteiger partial charge in [-0.25, -0.2) is 27.7 Å². The summed E-state index contributed by atoms with van der Waals surface area (Å²) in [5.41, 5.74) is 2.11. The summed E-state index contributed by atoms with van der Waals surface area (Å²) in [5.74, 6) is -0.371. The van der Waals surface area contributed by atoms with E-state index in [2.05, 4.69) is 4.98 Å². The molecule has 3 aliphatic heterocycles. The number of rotatable bonds is 7. The Hall–Kier alpha value is -4.07. The summed E-state index contributed by atoms with van der Waals surface area (Å²) in [6.45, 7) is 1.41. The van der Waals surface area contributed by atoms with Gasteiger partial charge in [-0.05, 0) is 42.7 Å². The molecule has 1 unspecified atom stereocenters. The first-order valence-corrected chi connectivity index (χ1v) is 13.2. The van der Waals surface area contributed by atoms with Gasteiger partial charge in [0.25, 0.3) is 6.43 Å². The third-order valence-corrected chi connectivity index (χ3v) is 7.61. The number of benzene rings is 1. The van der Waals surface area contributed by atoms with Gasteiger partial charge in [0, 0.05) is 37.9 Å². The standard InChI is InChI=1S/C27H30F3N5O6/c1-16-11-32(20(12-34(16)26(37)38)13-35-22(24(29)30)15-41-27(35)39)14-23(36)33-6-7-40-25-21(33)9-18(10-31-25)8-17-2-4-19(28)5-3-17/h2-5,9-10,16,20,22,24H,6-8,11-15H2,1H3,(H,37,38)/t16-,20-,22?/m1/s1. The topological polar surface area (TPSA) is 116 Å². The highest BCUT2D eigenvalue weighted by Gasteiger charge is 2.44. The fraction of sp³-hybridized carbons (Fsp3) is 0.481. The molecule has 1 N–H and O–H groups in total. The van der Waals surface area contributed by atoms with E-state index in [1.165, 1.54) is 21.9 Å². The molecule has 2 fully saturated rings. The molecule has 0 spiro atoms. The summed E-state index contributed by atoms with van der Waals surface area (Å²) >= 11 is 0. The summed E-state index contributed by atoms with van der Waals surface area (Å²) in [6, 6.07) is 5.21. The zero-order chi connectivity index (χ0) is 29.3. The van der Waals surface area contributed by atoms with E-state index in [0.717, 1.165) is 16.0 Å². The minimum atomic E-state index is -2.84. The average molecular weight is 578 g/mol. The molecule has 11 nitrogen and oxygen atoms in total. The molecule has 3 atom stereocenters. The molecule has 2 aromatic rings. The number of anilines is 1. The Labute approximate surface area is 234 Å². The van der Waals surface area contributed by atoms with Crippen LogP contribution in [0, 0.1) is 5.82 Å². The number of alkyl halides is 2. The molecule has 220 valence electrons. The highest BCUT2D eigenvalue weighted by Crippen LogP contribution is 2.32. The minimum absolute atomic E-state index is 0.0768. The molecule has 0 bridgehead atoms. The van der Waals surface area contributed by atoms with Crippen molar-refractivity contribution in [2.75, 3.05) is 50.8 Å². The number of ether oxygens (including phenoxy) is 2. The average Bonchev–Trinajstić information content (AvgIpc) is 3.30. The van der Waals surface area contributed by atoms with Gasteiger partial charge in [0.1, 0.15) is 30.8 Å². The maximum atomic E-state index is 13.7. The van der Waals surface area contributed by atoms with Crippen LogP contribution in [-0.2, 0) is 16.0 Å². The van der Waals surface area contributed by atoms with E-state index in [-0.39, 0.29) is 56.9 Å². The number of fused-ring (bicyclic) bond motifs is 1. The van der Waals surface area contributed by atoms with Gasteiger partial charge in [-0.3, -0.25) is 14.6 Å². The van der Waals surface area contributed by atoms with E-state index in [4.69, 9.17) is 9.47 Å². The molecule has 0 aliphatic carbocycles. The van der Waals surface area contributed by atoms with E-state index in [9.17, 15) is 32.7 Å². The van der Waals surface area contributed by atoms with E-state index < -0.39 is 43.3 Å². The first-order chi connectivity index (χ1) is 19.6. The second-order valence-electron chi connectivity index (χ2n) is 10.4. The number of aromatic nitrogens is 1. The van der Waals surface area contributed by atoms with Crippen LogP contribution in [0.15, 0.2) is 36.5 Å². The van der Waals surface area contributed by atoms with Gasteiger partial charge < -0.3 is 24.4 Å². The molecular formula is C27H30F3N5O6. The number of hydrogen-bond acceptors (Lipinski definition) is 7. The second kappa shape index (κ2) is 11.8. The molecule has 14 heteroatoms. The van der Waals surface area contributed by atoms with Gasteiger partial charge in [0.15, 0.2) is 0 Å². The number of carbonyl (C=O) groups excluding carboxylic acids is 2. The zero-order valence-corrected chi connectivity index (χ0v) is 22.3. The largest absolute Gasteiger partial charge is 0.474 e. The van der Waals surface area contributed by atoms with Crippen molar-refractivity contribution in [3.8, 4) is 5.88 Å². The highest BCUT2D eigenvalue weighted by molar-refractivity contribution is 5.96. The Kier molecular flexibility index (Phi) is 8.20. The molecule has 5 rings (SSSR count). The van der Waals surface area contributed by atoms with Crippen LogP contribution in [0.2, 0.25) is 0 Å². The van der Waals surface area contributed by atoms with Crippen LogP contribution >= 0.6 is 0 Å². The summed E-state index contributed by atoms with van der Waals surface area (Å²) in [6.07, 6.45) is -2.82. The number of pyridine rings is 1. The minimum Gasteiger partial charge on any atom is -0.474 e. The van der Waals surface area contributed by atoms with Gasteiger partial charge in [0.05, 0.1) is 13.1 Å². The normalized spacial score (nSPS) is 22.9. The quantitative estimate of drug-likeness (QED) is 0.534. The van der Waals surface area contributed by atoms with Gasteiger partial charge in [-0.15, -0.1) is 0 Å². The van der Waals surface area contributed by atoms with Crippen molar-refractivity contribution in [1.29, 1.82) is 0 Å². The van der Waals surface area contributed by atoms with Gasteiger partial charge in [-0.1, -0.05) is 12.1 Å². The predicted octanol–water partition coefficient (Wildman–Crippen LogP) is 2.68. The lowest BCUT2D eigenvalue weighted by Crippen LogP contribution is -2.63. The van der Waals surface area contributed by atoms with Crippen molar-refractivity contribution in [3.63, 3.8) is 0 Å². The number of piperazine rings is 1. The summed E-state index contributed by atoms with van der Waals surface area (Å²) in [4.78, 5) is 47.5.